The first-order valence-corrected chi connectivity index (χ1v) is 0.548. The molecule has 5 heavy (non-hydrogen) atoms. The van der Waals surface area contributed by atoms with Crippen LogP contribution in [-0.2, 0) is 38.1 Å². The molecule has 0 aliphatic rings. The van der Waals surface area contributed by atoms with Gasteiger partial charge in [-0.15, -0.1) is 0 Å². The summed E-state index contributed by atoms with van der Waals surface area (Å²) in [7, 11) is 2.28. The van der Waals surface area contributed by atoms with Gasteiger partial charge in [-0.3, -0.25) is 4.57 Å². The average Bonchev–Trinajstić information content (AvgIpc) is 1.00. The van der Waals surface area contributed by atoms with Gasteiger partial charge >= 0.3 is 0 Å². The molecule has 0 fully saturated rings. The molecule has 1 nitrogen and oxygen atoms in total. The Bertz CT molecular complexity index is 11.6. The van der Waals surface area contributed by atoms with Crippen molar-refractivity contribution >= 4 is 28.0 Å². The van der Waals surface area contributed by atoms with Crippen LogP contribution in [0.15, 0.2) is 0 Å². The molecule has 2 radical (unpaired) electrons. The van der Waals surface area contributed by atoms with Gasteiger partial charge in [0.1, 0.15) is 0 Å². The van der Waals surface area contributed by atoms with Crippen LogP contribution in [0, 0.1) is 0 Å². The van der Waals surface area contributed by atoms with Crippen LogP contribution >= 0.6 is 9.12 Å². The summed E-state index contributed by atoms with van der Waals surface area (Å²) in [6.45, 7) is 0. The fourth-order valence-electron chi connectivity index (χ4n) is 0. The van der Waals surface area contributed by atoms with E-state index in [0.717, 1.165) is 0 Å². The summed E-state index contributed by atoms with van der Waals surface area (Å²) in [5.41, 5.74) is 0. The van der Waals surface area contributed by atoms with Crippen molar-refractivity contribution in [2.45, 2.75) is 0 Å². The van der Waals surface area contributed by atoms with Crippen molar-refractivity contribution in [1.82, 2.24) is 0 Å². The van der Waals surface area contributed by atoms with E-state index in [2.05, 4.69) is 9.12 Å². The molecule has 0 bridgehead atoms. The van der Waals surface area contributed by atoms with Gasteiger partial charge in [0.05, 0.1) is 0 Å². The third-order valence-corrected chi connectivity index (χ3v) is 0. The second kappa shape index (κ2) is 43.3. The average molecular weight is 168 g/mol. The molecule has 0 rings (SSSR count). The van der Waals surface area contributed by atoms with E-state index in [-0.39, 0.29) is 52.4 Å². The molecule has 0 aromatic rings. The minimum atomic E-state index is 0. The molecule has 0 aliphatic carbocycles. The Morgan fingerprint density at radius 1 is 1.20 bits per heavy atom. The van der Waals surface area contributed by atoms with Crippen LogP contribution in [0.2, 0.25) is 0 Å². The monoisotopic (exact) mass is 168 g/mol. The molecule has 0 heterocycles. The predicted molar refractivity (Wildman–Crippen MR) is 13.4 cm³/mol. The van der Waals surface area contributed by atoms with E-state index in [4.69, 9.17) is 4.57 Å². The van der Waals surface area contributed by atoms with E-state index >= 15 is 0 Å². The Labute approximate surface area is 65.8 Å². The van der Waals surface area contributed by atoms with E-state index in [1.54, 1.807) is 0 Å². The van der Waals surface area contributed by atoms with Crippen LogP contribution in [-0.4, -0.2) is 18.9 Å². The zero-order valence-electron chi connectivity index (χ0n) is 2.53. The van der Waals surface area contributed by atoms with Gasteiger partial charge in [-0.05, 0) is 0 Å². The molecule has 0 amide bonds. The van der Waals surface area contributed by atoms with Gasteiger partial charge < -0.3 is 0 Å². The number of rotatable bonds is 0. The van der Waals surface area contributed by atoms with Crippen molar-refractivity contribution in [1.29, 1.82) is 0 Å². The van der Waals surface area contributed by atoms with Gasteiger partial charge in [-0.1, -0.05) is 0 Å². The van der Waals surface area contributed by atoms with Gasteiger partial charge in [-0.25, -0.2) is 0 Å². The van der Waals surface area contributed by atoms with Crippen LogP contribution < -0.4 is 0 Å². The van der Waals surface area contributed by atoms with Gasteiger partial charge in [-0.2, -0.15) is 0 Å². The summed E-state index contributed by atoms with van der Waals surface area (Å²) in [5.74, 6) is 0. The summed E-state index contributed by atoms with van der Waals surface area (Å²) in [6.07, 6.45) is 0. The zero-order chi connectivity index (χ0) is 2.00. The molecular weight excluding hydrogens is 168 g/mol. The Kier molecular flexibility index (Phi) is 258. The topological polar surface area (TPSA) is 17.1 Å². The molecule has 0 aromatic carbocycles. The van der Waals surface area contributed by atoms with Crippen LogP contribution in [0.5, 0.6) is 0 Å². The van der Waals surface area contributed by atoms with E-state index in [0.29, 0.717) is 0 Å². The van der Waals surface area contributed by atoms with Gasteiger partial charge in [0.25, 0.3) is 9.12 Å². The summed E-state index contributed by atoms with van der Waals surface area (Å²) in [4.78, 5) is 0. The van der Waals surface area contributed by atoms with Gasteiger partial charge in [0, 0.05) is 52.4 Å². The third-order valence-electron chi connectivity index (χ3n) is 0. The van der Waals surface area contributed by atoms with Crippen molar-refractivity contribution in [2.24, 2.45) is 0 Å². The van der Waals surface area contributed by atoms with E-state index in [1.807, 2.05) is 0 Å². The fourth-order valence-corrected chi connectivity index (χ4v) is 0. The maximum atomic E-state index is 7.94. The second-order valence-electron chi connectivity index (χ2n) is 0. The number of hydrogen-bond donors (Lipinski definition) is 0. The van der Waals surface area contributed by atoms with Crippen molar-refractivity contribution in [3.63, 3.8) is 0 Å². The Hall–Kier alpha value is 1.71. The van der Waals surface area contributed by atoms with Crippen LogP contribution in [0.3, 0.4) is 0 Å². The number of hydrogen-bond acceptors (Lipinski definition) is 1. The van der Waals surface area contributed by atoms with E-state index in [1.165, 1.54) is 0 Å². The van der Waals surface area contributed by atoms with E-state index < -0.39 is 0 Å². The van der Waals surface area contributed by atoms with Crippen molar-refractivity contribution in [3.8, 4) is 0 Å². The summed E-state index contributed by atoms with van der Waals surface area (Å²) in [5, 5.41) is 0. The molecule has 30 valence electrons. The molecule has 0 unspecified atom stereocenters. The quantitative estimate of drug-likeness (QED) is 0.377. The Morgan fingerprint density at radius 3 is 1.20 bits per heavy atom. The third kappa shape index (κ3) is 26.9. The first kappa shape index (κ1) is 29.8. The molecule has 0 aliphatic heterocycles. The molecule has 0 aromatic heterocycles. The standard InChI is InChI=1S/Fe.Li.Ni.OP/c;;;1-2. The van der Waals surface area contributed by atoms with E-state index in [9.17, 15) is 0 Å². The van der Waals surface area contributed by atoms with Crippen molar-refractivity contribution in [2.75, 3.05) is 0 Å². The summed E-state index contributed by atoms with van der Waals surface area (Å²) in [6, 6.07) is 0. The molecule has 0 N–H and O–H groups in total. The van der Waals surface area contributed by atoms with Gasteiger partial charge in [0.2, 0.25) is 0 Å². The minimum Gasteiger partial charge on any atom is -0.261 e. The van der Waals surface area contributed by atoms with Crippen molar-refractivity contribution in [3.05, 3.63) is 0 Å². The molecule has 0 saturated heterocycles. The minimum absolute atomic E-state index is 0. The molecule has 0 atom stereocenters. The Morgan fingerprint density at radius 2 is 1.20 bits per heavy atom. The predicted octanol–water partition coefficient (Wildman–Crippen LogP) is 0.357. The SMILES string of the molecule is O=[P].[Fe].[Li].[Ni]. The summed E-state index contributed by atoms with van der Waals surface area (Å²) < 4.78 is 7.94. The van der Waals surface area contributed by atoms with Gasteiger partial charge in [0.15, 0.2) is 0 Å². The molecule has 0 saturated carbocycles. The fraction of sp³-hybridized carbons (Fsp3) is 0. The zero-order valence-corrected chi connectivity index (χ0v) is 5.51. The first-order chi connectivity index (χ1) is 1.00. The van der Waals surface area contributed by atoms with Crippen LogP contribution in [0.25, 0.3) is 0 Å². The molecule has 0 spiro atoms. The van der Waals surface area contributed by atoms with Crippen molar-refractivity contribution < 1.29 is 38.1 Å². The Balaban J connectivity index is -0.00000000167. The summed E-state index contributed by atoms with van der Waals surface area (Å²) >= 11 is 0. The molecular formula is FeLiNiOP. The maximum Gasteiger partial charge on any atom is 0.261 e. The smallest absolute Gasteiger partial charge is 0.261 e. The second-order valence-corrected chi connectivity index (χ2v) is 0. The largest absolute Gasteiger partial charge is 0.261 e. The normalized spacial score (nSPS) is 0.800. The van der Waals surface area contributed by atoms with Crippen LogP contribution in [0.4, 0.5) is 0 Å². The van der Waals surface area contributed by atoms with Crippen LogP contribution in [0.1, 0.15) is 0 Å². The first-order valence-electron chi connectivity index (χ1n) is 0.183. The maximum absolute atomic E-state index is 7.94. The molecule has 5 heteroatoms.